The molecule has 0 bridgehead atoms. The third kappa shape index (κ3) is 5.67. The summed E-state index contributed by atoms with van der Waals surface area (Å²) in [5.41, 5.74) is 2.53. The van der Waals surface area contributed by atoms with E-state index in [1.54, 1.807) is 62.8 Å². The summed E-state index contributed by atoms with van der Waals surface area (Å²) in [4.78, 5) is 12.5. The first-order valence-electron chi connectivity index (χ1n) is 10.4. The van der Waals surface area contributed by atoms with E-state index in [-0.39, 0.29) is 12.2 Å². The van der Waals surface area contributed by atoms with Crippen LogP contribution in [0.5, 0.6) is 28.7 Å². The van der Waals surface area contributed by atoms with Crippen LogP contribution in [0.15, 0.2) is 60.7 Å². The highest BCUT2D eigenvalue weighted by Gasteiger charge is 2.14. The molecule has 0 aliphatic heterocycles. The number of nitrogens with zero attached hydrogens (tertiary/aromatic N) is 1. The highest BCUT2D eigenvalue weighted by Crippen LogP contribution is 2.32. The molecule has 7 nitrogen and oxygen atoms in total. The first-order valence-corrected chi connectivity index (χ1v) is 10.4. The summed E-state index contributed by atoms with van der Waals surface area (Å²) in [7, 11) is 6.13. The molecule has 0 saturated carbocycles. The van der Waals surface area contributed by atoms with Crippen LogP contribution in [-0.2, 0) is 11.2 Å². The van der Waals surface area contributed by atoms with Crippen LogP contribution >= 0.6 is 0 Å². The maximum Gasteiger partial charge on any atom is 0.315 e. The molecule has 0 amide bonds. The lowest BCUT2D eigenvalue weighted by atomic mass is 10.0. The molecule has 0 spiro atoms. The van der Waals surface area contributed by atoms with E-state index in [2.05, 4.69) is 6.07 Å². The monoisotopic (exact) mass is 459 g/mol. The van der Waals surface area contributed by atoms with Crippen LogP contribution in [0.3, 0.4) is 0 Å². The normalized spacial score (nSPS) is 10.7. The average Bonchev–Trinajstić information content (AvgIpc) is 2.87. The minimum atomic E-state index is -0.458. The number of nitriles is 1. The van der Waals surface area contributed by atoms with Gasteiger partial charge in [0.2, 0.25) is 0 Å². The molecule has 0 aromatic heterocycles. The zero-order valence-corrected chi connectivity index (χ0v) is 19.5. The molecule has 3 rings (SSSR count). The fraction of sp³-hybridized carbons (Fsp3) is 0.185. The predicted octanol–water partition coefficient (Wildman–Crippen LogP) is 4.93. The van der Waals surface area contributed by atoms with E-state index in [1.807, 2.05) is 18.2 Å². The summed E-state index contributed by atoms with van der Waals surface area (Å²) < 4.78 is 26.8. The highest BCUT2D eigenvalue weighted by molar-refractivity contribution is 5.92. The molecule has 0 aliphatic carbocycles. The number of esters is 1. The molecule has 0 atom stereocenters. The van der Waals surface area contributed by atoms with E-state index in [0.717, 1.165) is 5.56 Å². The van der Waals surface area contributed by atoms with Crippen LogP contribution in [0, 0.1) is 11.3 Å². The highest BCUT2D eigenvalue weighted by atomic mass is 16.6. The third-order valence-corrected chi connectivity index (χ3v) is 5.04. The Balaban J connectivity index is 1.80. The predicted molar refractivity (Wildman–Crippen MR) is 128 cm³/mol. The molecule has 0 heterocycles. The fourth-order valence-electron chi connectivity index (χ4n) is 3.38. The molecule has 7 heteroatoms. The standard InChI is InChI=1S/C27H25NO6/c1-30-22-8-6-5-7-21(22)20(17-28)13-18-10-12-24(26(14-18)33-4)34-27(29)16-19-9-11-23(31-2)25(15-19)32-3/h5-15H,16H2,1-4H3/b20-13-. The number of allylic oxidation sites excluding steroid dienone is 1. The molecular weight excluding hydrogens is 434 g/mol. The maximum absolute atomic E-state index is 12.5. The summed E-state index contributed by atoms with van der Waals surface area (Å²) in [6.07, 6.45) is 1.76. The Morgan fingerprint density at radius 1 is 0.794 bits per heavy atom. The van der Waals surface area contributed by atoms with Gasteiger partial charge in [0.05, 0.1) is 46.5 Å². The molecule has 3 aromatic rings. The SMILES string of the molecule is COc1ccc(CC(=O)Oc2ccc(/C=C(/C#N)c3ccccc3OC)cc2OC)cc1OC. The quantitative estimate of drug-likeness (QED) is 0.194. The molecule has 3 aromatic carbocycles. The summed E-state index contributed by atoms with van der Waals surface area (Å²) in [5.74, 6) is 1.90. The van der Waals surface area contributed by atoms with E-state index in [0.29, 0.717) is 39.7 Å². The van der Waals surface area contributed by atoms with Crippen LogP contribution in [0.4, 0.5) is 0 Å². The maximum atomic E-state index is 12.5. The summed E-state index contributed by atoms with van der Waals surface area (Å²) >= 11 is 0. The Morgan fingerprint density at radius 2 is 1.44 bits per heavy atom. The smallest absolute Gasteiger partial charge is 0.315 e. The third-order valence-electron chi connectivity index (χ3n) is 5.04. The molecular formula is C27H25NO6. The van der Waals surface area contributed by atoms with E-state index in [4.69, 9.17) is 23.7 Å². The van der Waals surface area contributed by atoms with E-state index in [1.165, 1.54) is 14.2 Å². The van der Waals surface area contributed by atoms with Gasteiger partial charge in [0.15, 0.2) is 23.0 Å². The topological polar surface area (TPSA) is 87.0 Å². The van der Waals surface area contributed by atoms with Crippen molar-refractivity contribution in [1.29, 1.82) is 5.26 Å². The number of carbonyl (C=O) groups is 1. The number of methoxy groups -OCH3 is 4. The van der Waals surface area contributed by atoms with Crippen LogP contribution in [-0.4, -0.2) is 34.4 Å². The van der Waals surface area contributed by atoms with Crippen molar-refractivity contribution >= 4 is 17.6 Å². The fourth-order valence-corrected chi connectivity index (χ4v) is 3.38. The Bertz CT molecular complexity index is 1240. The number of benzene rings is 3. The summed E-state index contributed by atoms with van der Waals surface area (Å²) in [6.45, 7) is 0. The minimum absolute atomic E-state index is 0.0392. The van der Waals surface area contributed by atoms with Gasteiger partial charge in [0, 0.05) is 5.56 Å². The van der Waals surface area contributed by atoms with E-state index < -0.39 is 5.97 Å². The Kier molecular flexibility index (Phi) is 8.14. The van der Waals surface area contributed by atoms with Crippen molar-refractivity contribution in [1.82, 2.24) is 0 Å². The van der Waals surface area contributed by atoms with Gasteiger partial charge in [-0.15, -0.1) is 0 Å². The lowest BCUT2D eigenvalue weighted by Crippen LogP contribution is -2.12. The molecule has 0 aliphatic rings. The van der Waals surface area contributed by atoms with Gasteiger partial charge in [-0.25, -0.2) is 0 Å². The van der Waals surface area contributed by atoms with Crippen molar-refractivity contribution in [3.63, 3.8) is 0 Å². The molecule has 174 valence electrons. The lowest BCUT2D eigenvalue weighted by molar-refractivity contribution is -0.133. The van der Waals surface area contributed by atoms with Crippen LogP contribution in [0.25, 0.3) is 11.6 Å². The number of para-hydroxylation sites is 1. The molecule has 0 N–H and O–H groups in total. The second kappa shape index (κ2) is 11.4. The zero-order chi connectivity index (χ0) is 24.5. The van der Waals surface area contributed by atoms with Crippen LogP contribution < -0.4 is 23.7 Å². The average molecular weight is 459 g/mol. The van der Waals surface area contributed by atoms with Gasteiger partial charge in [-0.2, -0.15) is 5.26 Å². The second-order valence-corrected chi connectivity index (χ2v) is 7.12. The van der Waals surface area contributed by atoms with Crippen LogP contribution in [0.1, 0.15) is 16.7 Å². The molecule has 0 saturated heterocycles. The van der Waals surface area contributed by atoms with Gasteiger partial charge < -0.3 is 23.7 Å². The molecule has 0 radical (unpaired) electrons. The Morgan fingerprint density at radius 3 is 2.12 bits per heavy atom. The van der Waals surface area contributed by atoms with Gasteiger partial charge in [0.1, 0.15) is 5.75 Å². The van der Waals surface area contributed by atoms with Crippen molar-refractivity contribution in [2.45, 2.75) is 6.42 Å². The van der Waals surface area contributed by atoms with Crippen molar-refractivity contribution < 1.29 is 28.5 Å². The zero-order valence-electron chi connectivity index (χ0n) is 19.5. The first-order chi connectivity index (χ1) is 16.5. The van der Waals surface area contributed by atoms with E-state index in [9.17, 15) is 10.1 Å². The summed E-state index contributed by atoms with van der Waals surface area (Å²) in [5, 5.41) is 9.68. The van der Waals surface area contributed by atoms with Crippen molar-refractivity contribution in [2.24, 2.45) is 0 Å². The van der Waals surface area contributed by atoms with Gasteiger partial charge >= 0.3 is 5.97 Å². The number of hydrogen-bond acceptors (Lipinski definition) is 7. The van der Waals surface area contributed by atoms with Crippen LogP contribution in [0.2, 0.25) is 0 Å². The van der Waals surface area contributed by atoms with E-state index >= 15 is 0 Å². The number of rotatable bonds is 9. The largest absolute Gasteiger partial charge is 0.496 e. The second-order valence-electron chi connectivity index (χ2n) is 7.12. The number of ether oxygens (including phenoxy) is 5. The Hall–Kier alpha value is -4.44. The minimum Gasteiger partial charge on any atom is -0.496 e. The van der Waals surface area contributed by atoms with Crippen molar-refractivity contribution in [3.8, 4) is 34.8 Å². The molecule has 0 fully saturated rings. The summed E-state index contributed by atoms with van der Waals surface area (Å²) in [6, 6.07) is 19.8. The molecule has 0 unspecified atom stereocenters. The van der Waals surface area contributed by atoms with Gasteiger partial charge in [-0.05, 0) is 53.6 Å². The Labute approximate surface area is 198 Å². The lowest BCUT2D eigenvalue weighted by Gasteiger charge is -2.12. The first kappa shape index (κ1) is 24.2. The van der Waals surface area contributed by atoms with Gasteiger partial charge in [0.25, 0.3) is 0 Å². The van der Waals surface area contributed by atoms with Gasteiger partial charge in [-0.1, -0.05) is 24.3 Å². The number of hydrogen-bond donors (Lipinski definition) is 0. The van der Waals surface area contributed by atoms with Crippen molar-refractivity contribution in [3.05, 3.63) is 77.4 Å². The molecule has 34 heavy (non-hydrogen) atoms. The van der Waals surface area contributed by atoms with Crippen molar-refractivity contribution in [2.75, 3.05) is 28.4 Å². The van der Waals surface area contributed by atoms with Gasteiger partial charge in [-0.3, -0.25) is 4.79 Å². The number of carbonyl (C=O) groups excluding carboxylic acids is 1.